The highest BCUT2D eigenvalue weighted by Crippen LogP contribution is 2.40. The van der Waals surface area contributed by atoms with Crippen LogP contribution < -0.4 is 0 Å². The molecule has 0 bridgehead atoms. The first-order valence-corrected chi connectivity index (χ1v) is 14.3. The van der Waals surface area contributed by atoms with Crippen LogP contribution in [0.3, 0.4) is 0 Å². The molecule has 0 heterocycles. The molecule has 2 aromatic rings. The molecule has 2 aromatic carbocycles. The number of nitriles is 1. The third-order valence-corrected chi connectivity index (χ3v) is 8.91. The average Bonchev–Trinajstić information content (AvgIpc) is 2.90. The van der Waals surface area contributed by atoms with E-state index in [1.54, 1.807) is 5.56 Å². The van der Waals surface area contributed by atoms with Crippen molar-refractivity contribution in [2.45, 2.75) is 115 Å². The van der Waals surface area contributed by atoms with E-state index >= 15 is 0 Å². The zero-order valence-corrected chi connectivity index (χ0v) is 21.5. The van der Waals surface area contributed by atoms with E-state index in [1.807, 2.05) is 0 Å². The van der Waals surface area contributed by atoms with Crippen LogP contribution in [0.1, 0.15) is 126 Å². The van der Waals surface area contributed by atoms with Gasteiger partial charge in [-0.15, -0.1) is 0 Å². The van der Waals surface area contributed by atoms with E-state index in [0.717, 1.165) is 36.5 Å². The molecule has 34 heavy (non-hydrogen) atoms. The first-order chi connectivity index (χ1) is 16.8. The zero-order valence-electron chi connectivity index (χ0n) is 21.5. The van der Waals surface area contributed by atoms with Crippen molar-refractivity contribution in [1.82, 2.24) is 0 Å². The van der Waals surface area contributed by atoms with Crippen molar-refractivity contribution < 1.29 is 0 Å². The van der Waals surface area contributed by atoms with E-state index in [9.17, 15) is 0 Å². The van der Waals surface area contributed by atoms with Crippen molar-refractivity contribution in [2.24, 2.45) is 11.8 Å². The number of benzene rings is 2. The Morgan fingerprint density at radius 1 is 0.618 bits per heavy atom. The highest BCUT2D eigenvalue weighted by Gasteiger charge is 2.23. The van der Waals surface area contributed by atoms with Gasteiger partial charge in [-0.05, 0) is 110 Å². The van der Waals surface area contributed by atoms with Crippen LogP contribution in [-0.2, 0) is 0 Å². The predicted molar refractivity (Wildman–Crippen MR) is 145 cm³/mol. The largest absolute Gasteiger partial charge is 0.198 e. The Morgan fingerprint density at radius 2 is 1.06 bits per heavy atom. The first-order valence-electron chi connectivity index (χ1n) is 14.3. The van der Waals surface area contributed by atoms with Crippen molar-refractivity contribution in [3.8, 4) is 17.2 Å². The molecular weight excluding hydrogens is 410 g/mol. The lowest BCUT2D eigenvalue weighted by atomic mass is 9.76. The Hall–Kier alpha value is -2.07. The molecule has 0 N–H and O–H groups in total. The standard InChI is InChI=1S/C33H45N/c1-2-3-4-7-26-9-13-28(14-10-26)30-17-21-32(22-18-30)33-23-19-31(20-24-33)29-15-11-27(12-16-29)8-5-6-25-34/h17-24,26-29H,2-16H2,1H3. The summed E-state index contributed by atoms with van der Waals surface area (Å²) in [6.07, 6.45) is 19.6. The second-order valence-electron chi connectivity index (χ2n) is 11.2. The first kappa shape index (κ1) is 25.0. The summed E-state index contributed by atoms with van der Waals surface area (Å²) in [6.45, 7) is 2.31. The second kappa shape index (κ2) is 13.1. The Balaban J connectivity index is 1.26. The van der Waals surface area contributed by atoms with E-state index in [2.05, 4.69) is 61.5 Å². The maximum atomic E-state index is 8.75. The Morgan fingerprint density at radius 3 is 1.47 bits per heavy atom. The third-order valence-electron chi connectivity index (χ3n) is 8.91. The van der Waals surface area contributed by atoms with Gasteiger partial charge in [0.2, 0.25) is 0 Å². The molecule has 2 aliphatic rings. The smallest absolute Gasteiger partial charge is 0.0621 e. The Kier molecular flexibility index (Phi) is 9.67. The fourth-order valence-corrected chi connectivity index (χ4v) is 6.62. The summed E-state index contributed by atoms with van der Waals surface area (Å²) in [6, 6.07) is 21.2. The molecule has 1 heteroatoms. The molecule has 2 fully saturated rings. The van der Waals surface area contributed by atoms with Crippen LogP contribution >= 0.6 is 0 Å². The number of nitrogens with zero attached hydrogens (tertiary/aromatic N) is 1. The molecule has 0 saturated heterocycles. The normalized spacial score (nSPS) is 25.1. The molecular formula is C33H45N. The summed E-state index contributed by atoms with van der Waals surface area (Å²) in [4.78, 5) is 0. The minimum Gasteiger partial charge on any atom is -0.198 e. The molecule has 1 nitrogen and oxygen atoms in total. The van der Waals surface area contributed by atoms with Gasteiger partial charge in [0.1, 0.15) is 0 Å². The van der Waals surface area contributed by atoms with Gasteiger partial charge in [-0.2, -0.15) is 5.26 Å². The molecule has 0 atom stereocenters. The third kappa shape index (κ3) is 6.97. The lowest BCUT2D eigenvalue weighted by Crippen LogP contribution is -2.13. The van der Waals surface area contributed by atoms with Crippen LogP contribution in [0, 0.1) is 23.2 Å². The monoisotopic (exact) mass is 455 g/mol. The van der Waals surface area contributed by atoms with Crippen LogP contribution in [0.15, 0.2) is 48.5 Å². The van der Waals surface area contributed by atoms with Gasteiger partial charge in [0, 0.05) is 6.42 Å². The van der Waals surface area contributed by atoms with Crippen molar-refractivity contribution >= 4 is 0 Å². The van der Waals surface area contributed by atoms with Gasteiger partial charge in [0.05, 0.1) is 6.07 Å². The van der Waals surface area contributed by atoms with Crippen LogP contribution in [0.25, 0.3) is 11.1 Å². The van der Waals surface area contributed by atoms with Crippen molar-refractivity contribution in [3.05, 3.63) is 59.7 Å². The van der Waals surface area contributed by atoms with Gasteiger partial charge in [0.15, 0.2) is 0 Å². The van der Waals surface area contributed by atoms with Gasteiger partial charge in [-0.25, -0.2) is 0 Å². The quantitative estimate of drug-likeness (QED) is 0.327. The van der Waals surface area contributed by atoms with Crippen molar-refractivity contribution in [2.75, 3.05) is 0 Å². The average molecular weight is 456 g/mol. The van der Waals surface area contributed by atoms with Crippen LogP contribution in [0.5, 0.6) is 0 Å². The number of hydrogen-bond donors (Lipinski definition) is 0. The van der Waals surface area contributed by atoms with Gasteiger partial charge >= 0.3 is 0 Å². The highest BCUT2D eigenvalue weighted by molar-refractivity contribution is 5.64. The van der Waals surface area contributed by atoms with Gasteiger partial charge < -0.3 is 0 Å². The van der Waals surface area contributed by atoms with Crippen molar-refractivity contribution in [1.29, 1.82) is 5.26 Å². The predicted octanol–water partition coefficient (Wildman–Crippen LogP) is 10.2. The molecule has 0 amide bonds. The maximum Gasteiger partial charge on any atom is 0.0621 e. The summed E-state index contributed by atoms with van der Waals surface area (Å²) >= 11 is 0. The van der Waals surface area contributed by atoms with E-state index < -0.39 is 0 Å². The van der Waals surface area contributed by atoms with E-state index in [-0.39, 0.29) is 0 Å². The molecule has 4 rings (SSSR count). The maximum absolute atomic E-state index is 8.75. The molecule has 0 radical (unpaired) electrons. The molecule has 0 aromatic heterocycles. The Bertz CT molecular complexity index is 872. The van der Waals surface area contributed by atoms with Crippen molar-refractivity contribution in [3.63, 3.8) is 0 Å². The SMILES string of the molecule is CCCCCC1CCC(c2ccc(-c3ccc(C4CCC(CCCC#N)CC4)cc3)cc2)CC1. The summed E-state index contributed by atoms with van der Waals surface area (Å²) in [5.41, 5.74) is 5.77. The molecule has 0 aliphatic heterocycles. The van der Waals surface area contributed by atoms with Crippen LogP contribution in [-0.4, -0.2) is 0 Å². The number of hydrogen-bond acceptors (Lipinski definition) is 1. The number of rotatable bonds is 10. The summed E-state index contributed by atoms with van der Waals surface area (Å²) < 4.78 is 0. The van der Waals surface area contributed by atoms with E-state index in [4.69, 9.17) is 5.26 Å². The molecule has 0 spiro atoms. The lowest BCUT2D eigenvalue weighted by Gasteiger charge is -2.29. The lowest BCUT2D eigenvalue weighted by molar-refractivity contribution is 0.303. The van der Waals surface area contributed by atoms with Gasteiger partial charge in [-0.1, -0.05) is 81.1 Å². The van der Waals surface area contributed by atoms with Gasteiger partial charge in [-0.3, -0.25) is 0 Å². The minimum absolute atomic E-state index is 0.723. The number of unbranched alkanes of at least 4 members (excludes halogenated alkanes) is 3. The van der Waals surface area contributed by atoms with E-state index in [0.29, 0.717) is 0 Å². The topological polar surface area (TPSA) is 23.8 Å². The van der Waals surface area contributed by atoms with Crippen LogP contribution in [0.4, 0.5) is 0 Å². The molecule has 2 aliphatic carbocycles. The minimum atomic E-state index is 0.723. The highest BCUT2D eigenvalue weighted by atomic mass is 14.3. The zero-order chi connectivity index (χ0) is 23.6. The molecule has 2 saturated carbocycles. The van der Waals surface area contributed by atoms with Crippen LogP contribution in [0.2, 0.25) is 0 Å². The summed E-state index contributed by atoms with van der Waals surface area (Å²) in [5, 5.41) is 8.75. The summed E-state index contributed by atoms with van der Waals surface area (Å²) in [5.74, 6) is 3.33. The second-order valence-corrected chi connectivity index (χ2v) is 11.2. The molecule has 182 valence electrons. The van der Waals surface area contributed by atoms with Gasteiger partial charge in [0.25, 0.3) is 0 Å². The Labute approximate surface area is 209 Å². The fourth-order valence-electron chi connectivity index (χ4n) is 6.62. The summed E-state index contributed by atoms with van der Waals surface area (Å²) in [7, 11) is 0. The molecule has 0 unspecified atom stereocenters. The van der Waals surface area contributed by atoms with E-state index in [1.165, 1.54) is 100 Å². The fraction of sp³-hybridized carbons (Fsp3) is 0.606.